The van der Waals surface area contributed by atoms with Crippen LogP contribution in [0.3, 0.4) is 0 Å². The molecule has 1 fully saturated rings. The number of nitrogens with one attached hydrogen (secondary N) is 2. The number of anilines is 1. The lowest BCUT2D eigenvalue weighted by molar-refractivity contribution is 0.0852. The average Bonchev–Trinajstić information content (AvgIpc) is 3.32. The van der Waals surface area contributed by atoms with Crippen molar-refractivity contribution in [3.05, 3.63) is 89.9 Å². The molecule has 6 nitrogen and oxygen atoms in total. The second-order valence-corrected chi connectivity index (χ2v) is 10.1. The first-order chi connectivity index (χ1) is 17.5. The number of pyridine rings is 1. The minimum atomic E-state index is -1.06. The zero-order chi connectivity index (χ0) is 25.1. The third-order valence-electron chi connectivity index (χ3n) is 7.20. The SMILES string of the molecule is COC1=CC(Cl)(OC)C(c2cn3ccc(NC4CCC(NCc5ccccc5F)CC4)cc3n2)C=C1. The number of methoxy groups -OCH3 is 2. The zero-order valence-electron chi connectivity index (χ0n) is 20.6. The van der Waals surface area contributed by atoms with Gasteiger partial charge in [0.1, 0.15) is 17.2 Å². The minimum Gasteiger partial charge on any atom is -0.497 e. The van der Waals surface area contributed by atoms with Crippen molar-refractivity contribution >= 4 is 22.9 Å². The average molecular weight is 511 g/mol. The highest BCUT2D eigenvalue weighted by Gasteiger charge is 2.39. The fourth-order valence-electron chi connectivity index (χ4n) is 5.08. The van der Waals surface area contributed by atoms with Crippen LogP contribution in [0.25, 0.3) is 5.65 Å². The number of nitrogens with zero attached hydrogens (tertiary/aromatic N) is 2. The molecule has 2 unspecified atom stereocenters. The van der Waals surface area contributed by atoms with Gasteiger partial charge in [0.2, 0.25) is 0 Å². The van der Waals surface area contributed by atoms with Crippen molar-refractivity contribution in [3.63, 3.8) is 0 Å². The topological polar surface area (TPSA) is 59.8 Å². The van der Waals surface area contributed by atoms with E-state index in [2.05, 4.69) is 22.8 Å². The van der Waals surface area contributed by atoms with Crippen LogP contribution < -0.4 is 10.6 Å². The summed E-state index contributed by atoms with van der Waals surface area (Å²) >= 11 is 6.78. The number of rotatable bonds is 8. The molecule has 8 heteroatoms. The van der Waals surface area contributed by atoms with Crippen molar-refractivity contribution in [1.29, 1.82) is 0 Å². The fourth-order valence-corrected chi connectivity index (χ4v) is 5.37. The molecule has 1 saturated carbocycles. The van der Waals surface area contributed by atoms with Crippen LogP contribution in [0.1, 0.15) is 42.9 Å². The van der Waals surface area contributed by atoms with Crippen LogP contribution in [0.2, 0.25) is 0 Å². The van der Waals surface area contributed by atoms with Crippen molar-refractivity contribution < 1.29 is 13.9 Å². The van der Waals surface area contributed by atoms with E-state index in [0.29, 0.717) is 24.4 Å². The number of benzene rings is 1. The minimum absolute atomic E-state index is 0.146. The molecule has 3 aromatic rings. The third-order valence-corrected chi connectivity index (χ3v) is 7.70. The Morgan fingerprint density at radius 2 is 1.92 bits per heavy atom. The number of ether oxygens (including phenoxy) is 2. The third kappa shape index (κ3) is 5.28. The molecule has 2 atom stereocenters. The normalized spacial score (nSPS) is 26.1. The van der Waals surface area contributed by atoms with Gasteiger partial charge >= 0.3 is 0 Å². The molecule has 1 aromatic carbocycles. The Hall–Kier alpha value is -2.87. The van der Waals surface area contributed by atoms with E-state index in [9.17, 15) is 4.39 Å². The molecular weight excluding hydrogens is 479 g/mol. The highest BCUT2D eigenvalue weighted by Crippen LogP contribution is 2.41. The van der Waals surface area contributed by atoms with E-state index in [1.54, 1.807) is 26.4 Å². The summed E-state index contributed by atoms with van der Waals surface area (Å²) < 4.78 is 26.8. The molecule has 190 valence electrons. The van der Waals surface area contributed by atoms with E-state index in [1.807, 2.05) is 41.1 Å². The zero-order valence-corrected chi connectivity index (χ0v) is 21.3. The van der Waals surface area contributed by atoms with Crippen molar-refractivity contribution in [3.8, 4) is 0 Å². The van der Waals surface area contributed by atoms with Crippen molar-refractivity contribution in [1.82, 2.24) is 14.7 Å². The highest BCUT2D eigenvalue weighted by atomic mass is 35.5. The lowest BCUT2D eigenvalue weighted by Crippen LogP contribution is -2.36. The Bertz CT molecular complexity index is 1270. The van der Waals surface area contributed by atoms with E-state index in [-0.39, 0.29) is 11.7 Å². The molecule has 2 aliphatic carbocycles. The Labute approximate surface area is 216 Å². The smallest absolute Gasteiger partial charge is 0.175 e. The van der Waals surface area contributed by atoms with Crippen LogP contribution in [-0.2, 0) is 16.0 Å². The number of aromatic nitrogens is 2. The molecule has 0 aliphatic heterocycles. The van der Waals surface area contributed by atoms with Crippen molar-refractivity contribution in [2.24, 2.45) is 0 Å². The lowest BCUT2D eigenvalue weighted by Gasteiger charge is -2.31. The van der Waals surface area contributed by atoms with Gasteiger partial charge in [0.25, 0.3) is 0 Å². The van der Waals surface area contributed by atoms with Gasteiger partial charge in [0.15, 0.2) is 5.06 Å². The summed E-state index contributed by atoms with van der Waals surface area (Å²) in [5, 5.41) is 6.14. The largest absolute Gasteiger partial charge is 0.497 e. The quantitative estimate of drug-likeness (QED) is 0.378. The summed E-state index contributed by atoms with van der Waals surface area (Å²) in [5.41, 5.74) is 3.45. The van der Waals surface area contributed by atoms with Crippen LogP contribution in [0, 0.1) is 5.82 Å². The molecular formula is C28H32ClFN4O2. The van der Waals surface area contributed by atoms with E-state index < -0.39 is 5.06 Å². The maximum absolute atomic E-state index is 13.9. The van der Waals surface area contributed by atoms with Crippen molar-refractivity contribution in [2.75, 3.05) is 19.5 Å². The molecule has 2 aromatic heterocycles. The van der Waals surface area contributed by atoms with Gasteiger partial charge in [-0.1, -0.05) is 35.9 Å². The molecule has 2 aliphatic rings. The molecule has 0 bridgehead atoms. The number of hydrogen-bond acceptors (Lipinski definition) is 5. The molecule has 0 radical (unpaired) electrons. The second-order valence-electron chi connectivity index (χ2n) is 9.50. The highest BCUT2D eigenvalue weighted by molar-refractivity contribution is 6.25. The number of imidazole rings is 1. The Morgan fingerprint density at radius 1 is 1.14 bits per heavy atom. The number of alkyl halides is 1. The van der Waals surface area contributed by atoms with Gasteiger partial charge in [-0.3, -0.25) is 0 Å². The predicted molar refractivity (Wildman–Crippen MR) is 141 cm³/mol. The van der Waals surface area contributed by atoms with E-state index in [4.69, 9.17) is 26.1 Å². The van der Waals surface area contributed by atoms with Gasteiger partial charge in [0.05, 0.1) is 18.7 Å². The van der Waals surface area contributed by atoms with E-state index >= 15 is 0 Å². The first kappa shape index (κ1) is 24.8. The van der Waals surface area contributed by atoms with Crippen LogP contribution in [0.4, 0.5) is 10.1 Å². The van der Waals surface area contributed by atoms with Crippen molar-refractivity contribution in [2.45, 2.75) is 55.3 Å². The van der Waals surface area contributed by atoms with Crippen LogP contribution >= 0.6 is 11.6 Å². The molecule has 0 spiro atoms. The number of fused-ring (bicyclic) bond motifs is 1. The monoisotopic (exact) mass is 510 g/mol. The molecule has 0 amide bonds. The number of allylic oxidation sites excluding steroid dienone is 1. The Kier molecular flexibility index (Phi) is 7.32. The molecule has 5 rings (SSSR count). The summed E-state index contributed by atoms with van der Waals surface area (Å²) in [6.45, 7) is 0.569. The van der Waals surface area contributed by atoms with Gasteiger partial charge in [-0.15, -0.1) is 0 Å². The number of hydrogen-bond donors (Lipinski definition) is 2. The van der Waals surface area contributed by atoms with Gasteiger partial charge in [-0.2, -0.15) is 0 Å². The van der Waals surface area contributed by atoms with Crippen LogP contribution in [-0.4, -0.2) is 40.7 Å². The standard InChI is InChI=1S/C28H32ClFN4O2/c1-35-23-11-12-24(28(29,16-23)36-2)26-18-34-14-13-22(15-27(34)33-26)32-21-9-7-20(8-10-21)31-17-19-5-3-4-6-25(19)30/h3-6,11-16,18,20-21,24,31-32H,7-10,17H2,1-2H3. The predicted octanol–water partition coefficient (Wildman–Crippen LogP) is 5.75. The van der Waals surface area contributed by atoms with Gasteiger partial charge < -0.3 is 24.5 Å². The van der Waals surface area contributed by atoms with E-state index in [0.717, 1.165) is 48.3 Å². The van der Waals surface area contributed by atoms with Gasteiger partial charge in [-0.05, 0) is 43.9 Å². The summed E-state index contributed by atoms with van der Waals surface area (Å²) in [6.07, 6.45) is 13.9. The number of halogens is 2. The first-order valence-electron chi connectivity index (χ1n) is 12.4. The maximum atomic E-state index is 13.9. The second kappa shape index (κ2) is 10.6. The van der Waals surface area contributed by atoms with Gasteiger partial charge in [-0.25, -0.2) is 9.37 Å². The Morgan fingerprint density at radius 3 is 2.67 bits per heavy atom. The Balaban J connectivity index is 1.20. The summed E-state index contributed by atoms with van der Waals surface area (Å²) in [6, 6.07) is 11.9. The molecule has 2 heterocycles. The lowest BCUT2D eigenvalue weighted by atomic mass is 9.91. The van der Waals surface area contributed by atoms with Crippen LogP contribution in [0.5, 0.6) is 0 Å². The molecule has 0 saturated heterocycles. The van der Waals surface area contributed by atoms with E-state index in [1.165, 1.54) is 6.07 Å². The fraction of sp³-hybridized carbons (Fsp3) is 0.393. The first-order valence-corrected chi connectivity index (χ1v) is 12.8. The maximum Gasteiger partial charge on any atom is 0.175 e. The summed E-state index contributed by atoms with van der Waals surface area (Å²) in [5.74, 6) is 0.273. The van der Waals surface area contributed by atoms with Crippen LogP contribution in [0.15, 0.2) is 72.8 Å². The molecule has 2 N–H and O–H groups in total. The summed E-state index contributed by atoms with van der Waals surface area (Å²) in [7, 11) is 3.20. The van der Waals surface area contributed by atoms with Gasteiger partial charge in [0, 0.05) is 61.5 Å². The summed E-state index contributed by atoms with van der Waals surface area (Å²) in [4.78, 5) is 4.85. The molecule has 36 heavy (non-hydrogen) atoms.